The van der Waals surface area contributed by atoms with Crippen molar-refractivity contribution in [2.75, 3.05) is 11.9 Å². The van der Waals surface area contributed by atoms with Gasteiger partial charge in [-0.3, -0.25) is 4.68 Å². The minimum Gasteiger partial charge on any atom is -0.396 e. The van der Waals surface area contributed by atoms with Crippen molar-refractivity contribution in [3.63, 3.8) is 0 Å². The number of aliphatic hydroxyl groups excluding tert-OH is 1. The molecule has 2 aromatic rings. The average Bonchev–Trinajstić information content (AvgIpc) is 2.79. The Morgan fingerprint density at radius 3 is 2.64 bits per heavy atom. The lowest BCUT2D eigenvalue weighted by Gasteiger charge is -2.08. The second-order valence-corrected chi connectivity index (χ2v) is 5.81. The highest BCUT2D eigenvalue weighted by atomic mass is 35.5. The van der Waals surface area contributed by atoms with Crippen LogP contribution < -0.4 is 5.32 Å². The average molecular weight is 322 g/mol. The SMILES string of the molecule is CCCCn1nc(C)c(CNc2ccc(CCO)cc2)c1Cl. The quantitative estimate of drug-likeness (QED) is 0.777. The largest absolute Gasteiger partial charge is 0.396 e. The zero-order valence-corrected chi connectivity index (χ0v) is 14.0. The lowest BCUT2D eigenvalue weighted by Crippen LogP contribution is -2.02. The highest BCUT2D eigenvalue weighted by Gasteiger charge is 2.12. The number of benzene rings is 1. The number of rotatable bonds is 8. The van der Waals surface area contributed by atoms with Crippen LogP contribution in [0.15, 0.2) is 24.3 Å². The van der Waals surface area contributed by atoms with Gasteiger partial charge in [0.15, 0.2) is 0 Å². The van der Waals surface area contributed by atoms with Crippen LogP contribution in [0.4, 0.5) is 5.69 Å². The molecule has 0 aliphatic carbocycles. The fourth-order valence-corrected chi connectivity index (χ4v) is 2.68. The van der Waals surface area contributed by atoms with Crippen molar-refractivity contribution in [3.05, 3.63) is 46.2 Å². The number of halogens is 1. The number of hydrogen-bond donors (Lipinski definition) is 2. The van der Waals surface area contributed by atoms with Crippen LogP contribution in [0.3, 0.4) is 0 Å². The molecule has 0 radical (unpaired) electrons. The van der Waals surface area contributed by atoms with Crippen molar-refractivity contribution >= 4 is 17.3 Å². The maximum atomic E-state index is 8.93. The summed E-state index contributed by atoms with van der Waals surface area (Å²) in [5.41, 5.74) is 4.20. The van der Waals surface area contributed by atoms with Gasteiger partial charge in [-0.25, -0.2) is 0 Å². The van der Waals surface area contributed by atoms with Gasteiger partial charge in [-0.1, -0.05) is 37.1 Å². The third-order valence-corrected chi connectivity index (χ3v) is 4.15. The Morgan fingerprint density at radius 1 is 1.27 bits per heavy atom. The van der Waals surface area contributed by atoms with Gasteiger partial charge in [0.2, 0.25) is 0 Å². The molecule has 0 aliphatic rings. The van der Waals surface area contributed by atoms with Crippen LogP contribution in [-0.4, -0.2) is 21.5 Å². The van der Waals surface area contributed by atoms with E-state index < -0.39 is 0 Å². The summed E-state index contributed by atoms with van der Waals surface area (Å²) in [4.78, 5) is 0. The van der Waals surface area contributed by atoms with Gasteiger partial charge in [-0.05, 0) is 37.5 Å². The summed E-state index contributed by atoms with van der Waals surface area (Å²) in [6.07, 6.45) is 2.90. The van der Waals surface area contributed by atoms with E-state index in [1.54, 1.807) is 0 Å². The second kappa shape index (κ2) is 8.20. The van der Waals surface area contributed by atoms with E-state index in [4.69, 9.17) is 16.7 Å². The summed E-state index contributed by atoms with van der Waals surface area (Å²) >= 11 is 6.43. The summed E-state index contributed by atoms with van der Waals surface area (Å²) in [7, 11) is 0. The number of aromatic nitrogens is 2. The first kappa shape index (κ1) is 16.8. The van der Waals surface area contributed by atoms with Crippen LogP contribution in [0.25, 0.3) is 0 Å². The Labute approximate surface area is 137 Å². The standard InChI is InChI=1S/C17H24ClN3O/c1-3-4-10-21-17(18)16(13(2)20-21)12-19-15-7-5-14(6-8-15)9-11-22/h5-8,19,22H,3-4,9-12H2,1-2H3. The van der Waals surface area contributed by atoms with E-state index in [1.165, 1.54) is 0 Å². The molecule has 0 saturated heterocycles. The Bertz CT molecular complexity index is 593. The van der Waals surface area contributed by atoms with Crippen molar-refractivity contribution in [1.29, 1.82) is 0 Å². The zero-order valence-electron chi connectivity index (χ0n) is 13.3. The van der Waals surface area contributed by atoms with Gasteiger partial charge in [-0.2, -0.15) is 5.10 Å². The molecule has 5 heteroatoms. The minimum absolute atomic E-state index is 0.179. The van der Waals surface area contributed by atoms with E-state index >= 15 is 0 Å². The minimum atomic E-state index is 0.179. The van der Waals surface area contributed by atoms with E-state index in [0.717, 1.165) is 47.0 Å². The van der Waals surface area contributed by atoms with E-state index in [9.17, 15) is 0 Å². The maximum Gasteiger partial charge on any atom is 0.132 e. The first-order chi connectivity index (χ1) is 10.7. The van der Waals surface area contributed by atoms with E-state index in [-0.39, 0.29) is 6.61 Å². The fourth-order valence-electron chi connectivity index (χ4n) is 2.36. The van der Waals surface area contributed by atoms with Gasteiger partial charge in [0.1, 0.15) is 5.15 Å². The van der Waals surface area contributed by atoms with E-state index in [2.05, 4.69) is 17.3 Å². The molecule has 0 atom stereocenters. The van der Waals surface area contributed by atoms with Gasteiger partial charge in [0, 0.05) is 30.9 Å². The lowest BCUT2D eigenvalue weighted by molar-refractivity contribution is 0.299. The molecule has 1 aromatic carbocycles. The van der Waals surface area contributed by atoms with Crippen LogP contribution in [-0.2, 0) is 19.5 Å². The summed E-state index contributed by atoms with van der Waals surface area (Å²) in [6.45, 7) is 5.86. The Balaban J connectivity index is 2.00. The number of nitrogens with zero attached hydrogens (tertiary/aromatic N) is 2. The molecular formula is C17H24ClN3O. The van der Waals surface area contributed by atoms with Crippen LogP contribution in [0, 0.1) is 6.92 Å². The van der Waals surface area contributed by atoms with Crippen molar-refractivity contribution in [2.45, 2.75) is 46.2 Å². The first-order valence-corrected chi connectivity index (χ1v) is 8.19. The molecule has 0 bridgehead atoms. The number of aryl methyl sites for hydroxylation is 2. The summed E-state index contributed by atoms with van der Waals surface area (Å²) in [6, 6.07) is 8.10. The fraction of sp³-hybridized carbons (Fsp3) is 0.471. The summed E-state index contributed by atoms with van der Waals surface area (Å²) < 4.78 is 1.89. The molecule has 2 N–H and O–H groups in total. The van der Waals surface area contributed by atoms with Gasteiger partial charge in [-0.15, -0.1) is 0 Å². The highest BCUT2D eigenvalue weighted by molar-refractivity contribution is 6.30. The number of aliphatic hydroxyl groups is 1. The van der Waals surface area contributed by atoms with Crippen LogP contribution >= 0.6 is 11.6 Å². The van der Waals surface area contributed by atoms with E-state index in [1.807, 2.05) is 35.9 Å². The zero-order chi connectivity index (χ0) is 15.9. The molecular weight excluding hydrogens is 298 g/mol. The molecule has 1 aromatic heterocycles. The van der Waals surface area contributed by atoms with Crippen molar-refractivity contribution in [1.82, 2.24) is 9.78 Å². The van der Waals surface area contributed by atoms with Crippen LogP contribution in [0.2, 0.25) is 5.15 Å². The molecule has 4 nitrogen and oxygen atoms in total. The number of nitrogens with one attached hydrogen (secondary N) is 1. The molecule has 0 saturated carbocycles. The highest BCUT2D eigenvalue weighted by Crippen LogP contribution is 2.22. The predicted molar refractivity (Wildman–Crippen MR) is 91.4 cm³/mol. The summed E-state index contributed by atoms with van der Waals surface area (Å²) in [5.74, 6) is 0. The third-order valence-electron chi connectivity index (χ3n) is 3.73. The molecule has 0 aliphatic heterocycles. The number of hydrogen-bond acceptors (Lipinski definition) is 3. The Morgan fingerprint density at radius 2 is 2.00 bits per heavy atom. The molecule has 0 unspecified atom stereocenters. The third kappa shape index (κ3) is 4.24. The number of unbranched alkanes of at least 4 members (excludes halogenated alkanes) is 1. The van der Waals surface area contributed by atoms with Gasteiger partial charge < -0.3 is 10.4 Å². The summed E-state index contributed by atoms with van der Waals surface area (Å²) in [5, 5.41) is 17.6. The smallest absolute Gasteiger partial charge is 0.132 e. The topological polar surface area (TPSA) is 50.1 Å². The van der Waals surface area contributed by atoms with Gasteiger partial charge in [0.25, 0.3) is 0 Å². The van der Waals surface area contributed by atoms with Gasteiger partial charge >= 0.3 is 0 Å². The van der Waals surface area contributed by atoms with Crippen molar-refractivity contribution < 1.29 is 5.11 Å². The van der Waals surface area contributed by atoms with E-state index in [0.29, 0.717) is 13.0 Å². The molecule has 0 amide bonds. The second-order valence-electron chi connectivity index (χ2n) is 5.46. The Kier molecular flexibility index (Phi) is 6.28. The number of anilines is 1. The van der Waals surface area contributed by atoms with Crippen molar-refractivity contribution in [3.8, 4) is 0 Å². The van der Waals surface area contributed by atoms with Gasteiger partial charge in [0.05, 0.1) is 5.69 Å². The lowest BCUT2D eigenvalue weighted by atomic mass is 10.1. The molecule has 0 spiro atoms. The Hall–Kier alpha value is -1.52. The predicted octanol–water partition coefficient (Wildman–Crippen LogP) is 3.79. The first-order valence-electron chi connectivity index (χ1n) is 7.81. The van der Waals surface area contributed by atoms with Crippen LogP contribution in [0.5, 0.6) is 0 Å². The molecule has 120 valence electrons. The molecule has 2 rings (SSSR count). The van der Waals surface area contributed by atoms with Crippen molar-refractivity contribution in [2.24, 2.45) is 0 Å². The monoisotopic (exact) mass is 321 g/mol. The van der Waals surface area contributed by atoms with Crippen LogP contribution in [0.1, 0.15) is 36.6 Å². The normalized spacial score (nSPS) is 10.9. The molecule has 22 heavy (non-hydrogen) atoms. The molecule has 1 heterocycles. The maximum absolute atomic E-state index is 8.93. The molecule has 0 fully saturated rings.